The molecule has 18 heavy (non-hydrogen) atoms. The standard InChI is InChI=1S/C16H12Cl2/c17-9-11-1-3-13-7-16-6-12(10-18)2-4-14(16)8-15(13)5-11/h1-8H,9-10H2. The van der Waals surface area contributed by atoms with Crippen LogP contribution in [0.1, 0.15) is 11.1 Å². The van der Waals surface area contributed by atoms with Crippen LogP contribution in [0.25, 0.3) is 21.5 Å². The minimum absolute atomic E-state index is 0.555. The van der Waals surface area contributed by atoms with Gasteiger partial charge >= 0.3 is 0 Å². The highest BCUT2D eigenvalue weighted by Crippen LogP contribution is 2.25. The maximum Gasteiger partial charge on any atom is 0.0474 e. The summed E-state index contributed by atoms with van der Waals surface area (Å²) in [5.41, 5.74) is 2.31. The van der Waals surface area contributed by atoms with Crippen LogP contribution in [0.4, 0.5) is 0 Å². The van der Waals surface area contributed by atoms with Gasteiger partial charge in [-0.05, 0) is 56.9 Å². The zero-order valence-electron chi connectivity index (χ0n) is 9.79. The first kappa shape index (κ1) is 11.8. The van der Waals surface area contributed by atoms with Gasteiger partial charge in [0.15, 0.2) is 0 Å². The highest BCUT2D eigenvalue weighted by atomic mass is 35.5. The number of benzene rings is 3. The monoisotopic (exact) mass is 274 g/mol. The van der Waals surface area contributed by atoms with E-state index >= 15 is 0 Å². The number of hydrogen-bond donors (Lipinski definition) is 0. The quantitative estimate of drug-likeness (QED) is 0.429. The Hall–Kier alpha value is -1.24. The molecule has 0 radical (unpaired) electrons. The van der Waals surface area contributed by atoms with Gasteiger partial charge in [-0.1, -0.05) is 24.3 Å². The fourth-order valence-corrected chi connectivity index (χ4v) is 2.60. The van der Waals surface area contributed by atoms with Crippen LogP contribution in [0, 0.1) is 0 Å². The number of rotatable bonds is 2. The Morgan fingerprint density at radius 3 is 1.39 bits per heavy atom. The van der Waals surface area contributed by atoms with Crippen molar-refractivity contribution in [2.75, 3.05) is 0 Å². The second kappa shape index (κ2) is 4.79. The molecule has 90 valence electrons. The van der Waals surface area contributed by atoms with E-state index in [1.165, 1.54) is 21.5 Å². The van der Waals surface area contributed by atoms with Gasteiger partial charge in [-0.15, -0.1) is 23.2 Å². The summed E-state index contributed by atoms with van der Waals surface area (Å²) >= 11 is 11.7. The Kier molecular flexibility index (Phi) is 3.15. The third kappa shape index (κ3) is 2.07. The molecule has 0 heterocycles. The van der Waals surface area contributed by atoms with Gasteiger partial charge in [0.25, 0.3) is 0 Å². The average molecular weight is 275 g/mol. The third-order valence-electron chi connectivity index (χ3n) is 3.23. The zero-order chi connectivity index (χ0) is 12.5. The van der Waals surface area contributed by atoms with E-state index in [9.17, 15) is 0 Å². The molecule has 0 spiro atoms. The summed E-state index contributed by atoms with van der Waals surface area (Å²) in [6.07, 6.45) is 0. The first-order valence-corrected chi connectivity index (χ1v) is 6.94. The number of hydrogen-bond acceptors (Lipinski definition) is 0. The summed E-state index contributed by atoms with van der Waals surface area (Å²) in [6.45, 7) is 0. The van der Waals surface area contributed by atoms with Crippen LogP contribution in [0.5, 0.6) is 0 Å². The molecule has 0 fully saturated rings. The Bertz CT molecular complexity index is 653. The van der Waals surface area contributed by atoms with Crippen LogP contribution in [0.3, 0.4) is 0 Å². The first-order valence-electron chi connectivity index (χ1n) is 5.87. The van der Waals surface area contributed by atoms with Crippen LogP contribution in [-0.2, 0) is 11.8 Å². The zero-order valence-corrected chi connectivity index (χ0v) is 11.3. The molecule has 0 amide bonds. The van der Waals surface area contributed by atoms with E-state index in [-0.39, 0.29) is 0 Å². The van der Waals surface area contributed by atoms with Gasteiger partial charge in [-0.25, -0.2) is 0 Å². The van der Waals surface area contributed by atoms with Crippen molar-refractivity contribution in [1.29, 1.82) is 0 Å². The highest BCUT2D eigenvalue weighted by Gasteiger charge is 2.01. The van der Waals surface area contributed by atoms with E-state index in [1.54, 1.807) is 0 Å². The van der Waals surface area contributed by atoms with Gasteiger partial charge in [0, 0.05) is 11.8 Å². The summed E-state index contributed by atoms with van der Waals surface area (Å²) < 4.78 is 0. The smallest absolute Gasteiger partial charge is 0.0474 e. The molecule has 0 nitrogen and oxygen atoms in total. The minimum atomic E-state index is 0.555. The Balaban J connectivity index is 2.28. The van der Waals surface area contributed by atoms with Crippen molar-refractivity contribution >= 4 is 44.7 Å². The Morgan fingerprint density at radius 1 is 0.556 bits per heavy atom. The normalized spacial score (nSPS) is 11.2. The number of halogens is 2. The van der Waals surface area contributed by atoms with Crippen molar-refractivity contribution in [3.63, 3.8) is 0 Å². The Morgan fingerprint density at radius 2 is 1.00 bits per heavy atom. The van der Waals surface area contributed by atoms with Gasteiger partial charge in [-0.2, -0.15) is 0 Å². The molecule has 0 saturated heterocycles. The van der Waals surface area contributed by atoms with Gasteiger partial charge in [0.05, 0.1) is 0 Å². The minimum Gasteiger partial charge on any atom is -0.122 e. The van der Waals surface area contributed by atoms with Crippen LogP contribution in [-0.4, -0.2) is 0 Å². The van der Waals surface area contributed by atoms with Crippen LogP contribution in [0.2, 0.25) is 0 Å². The lowest BCUT2D eigenvalue weighted by Crippen LogP contribution is -1.82. The van der Waals surface area contributed by atoms with Crippen molar-refractivity contribution in [2.24, 2.45) is 0 Å². The van der Waals surface area contributed by atoms with Crippen molar-refractivity contribution in [3.8, 4) is 0 Å². The molecule has 0 aliphatic heterocycles. The summed E-state index contributed by atoms with van der Waals surface area (Å²) in [6, 6.07) is 17.1. The Labute approximate surface area is 116 Å². The van der Waals surface area contributed by atoms with E-state index in [4.69, 9.17) is 23.2 Å². The lowest BCUT2D eigenvalue weighted by Gasteiger charge is -2.05. The second-order valence-corrected chi connectivity index (χ2v) is 5.02. The summed E-state index contributed by atoms with van der Waals surface area (Å²) in [5.74, 6) is 1.11. The molecule has 0 unspecified atom stereocenters. The first-order chi connectivity index (χ1) is 8.80. The topological polar surface area (TPSA) is 0 Å². The van der Waals surface area contributed by atoms with Gasteiger partial charge in [0.2, 0.25) is 0 Å². The molecule has 3 rings (SSSR count). The predicted molar refractivity (Wildman–Crippen MR) is 80.6 cm³/mol. The van der Waals surface area contributed by atoms with Crippen LogP contribution < -0.4 is 0 Å². The van der Waals surface area contributed by atoms with Gasteiger partial charge in [-0.3, -0.25) is 0 Å². The third-order valence-corrected chi connectivity index (χ3v) is 3.85. The molecule has 0 saturated carbocycles. The fraction of sp³-hybridized carbons (Fsp3) is 0.125. The lowest BCUT2D eigenvalue weighted by atomic mass is 10.0. The molecule has 3 aromatic carbocycles. The molecular formula is C16H12Cl2. The van der Waals surface area contributed by atoms with Gasteiger partial charge in [0.1, 0.15) is 0 Å². The molecule has 0 aliphatic rings. The van der Waals surface area contributed by atoms with Crippen molar-refractivity contribution in [3.05, 3.63) is 59.7 Å². The maximum absolute atomic E-state index is 5.87. The summed E-state index contributed by atoms with van der Waals surface area (Å²) in [4.78, 5) is 0. The van der Waals surface area contributed by atoms with Crippen molar-refractivity contribution in [1.82, 2.24) is 0 Å². The predicted octanol–water partition coefficient (Wildman–Crippen LogP) is 5.47. The van der Waals surface area contributed by atoms with E-state index in [2.05, 4.69) is 48.5 Å². The van der Waals surface area contributed by atoms with E-state index in [1.807, 2.05) is 0 Å². The van der Waals surface area contributed by atoms with Gasteiger partial charge < -0.3 is 0 Å². The van der Waals surface area contributed by atoms with E-state index in [0.717, 1.165) is 11.1 Å². The molecule has 0 bridgehead atoms. The lowest BCUT2D eigenvalue weighted by molar-refractivity contribution is 1.42. The largest absolute Gasteiger partial charge is 0.122 e. The molecule has 0 aliphatic carbocycles. The van der Waals surface area contributed by atoms with E-state index in [0.29, 0.717) is 11.8 Å². The van der Waals surface area contributed by atoms with Crippen molar-refractivity contribution in [2.45, 2.75) is 11.8 Å². The van der Waals surface area contributed by atoms with Crippen LogP contribution in [0.15, 0.2) is 48.5 Å². The van der Waals surface area contributed by atoms with Crippen molar-refractivity contribution < 1.29 is 0 Å². The fourth-order valence-electron chi connectivity index (χ4n) is 2.26. The number of alkyl halides is 2. The maximum atomic E-state index is 5.87. The molecule has 3 aromatic rings. The molecule has 2 heteroatoms. The summed E-state index contributed by atoms with van der Waals surface area (Å²) in [5, 5.41) is 4.95. The molecular weight excluding hydrogens is 263 g/mol. The average Bonchev–Trinajstić information content (AvgIpc) is 2.43. The summed E-state index contributed by atoms with van der Waals surface area (Å²) in [7, 11) is 0. The SMILES string of the molecule is ClCc1ccc2cc3cc(CCl)ccc3cc2c1. The highest BCUT2D eigenvalue weighted by molar-refractivity contribution is 6.17. The molecule has 0 N–H and O–H groups in total. The van der Waals surface area contributed by atoms with E-state index < -0.39 is 0 Å². The second-order valence-electron chi connectivity index (χ2n) is 4.48. The number of fused-ring (bicyclic) bond motifs is 2. The molecule has 0 atom stereocenters. The van der Waals surface area contributed by atoms with Crippen LogP contribution >= 0.6 is 23.2 Å². The molecule has 0 aromatic heterocycles.